The average Bonchev–Trinajstić information content (AvgIpc) is 3.52. The molecule has 3 aliphatic rings. The molecule has 2 aliphatic heterocycles. The number of rotatable bonds is 10. The first kappa shape index (κ1) is 34.3. The van der Waals surface area contributed by atoms with Crippen molar-refractivity contribution in [1.29, 1.82) is 0 Å². The molecule has 2 amide bonds. The van der Waals surface area contributed by atoms with Crippen molar-refractivity contribution in [2.75, 3.05) is 26.4 Å². The minimum Gasteiger partial charge on any atom is -0.493 e. The molecule has 0 bridgehead atoms. The normalized spacial score (nSPS) is 19.9. The van der Waals surface area contributed by atoms with E-state index in [9.17, 15) is 41.0 Å². The Hall–Kier alpha value is -4.00. The number of halogens is 6. The summed E-state index contributed by atoms with van der Waals surface area (Å²) < 4.78 is 100. The molecule has 2 aromatic rings. The minimum atomic E-state index is -6.01. The van der Waals surface area contributed by atoms with Gasteiger partial charge in [0.25, 0.3) is 11.5 Å². The van der Waals surface area contributed by atoms with Crippen molar-refractivity contribution in [3.63, 3.8) is 0 Å². The van der Waals surface area contributed by atoms with Crippen molar-refractivity contribution in [3.05, 3.63) is 70.3 Å². The van der Waals surface area contributed by atoms with E-state index in [0.29, 0.717) is 62.0 Å². The predicted octanol–water partition coefficient (Wildman–Crippen LogP) is 6.72. The first-order valence-electron chi connectivity index (χ1n) is 15.5. The maximum atomic E-state index is 13.8. The first-order valence-corrected chi connectivity index (χ1v) is 15.5. The lowest BCUT2D eigenvalue weighted by Crippen LogP contribution is -2.54. The van der Waals surface area contributed by atoms with Gasteiger partial charge < -0.3 is 19.3 Å². The van der Waals surface area contributed by atoms with E-state index < -0.39 is 40.7 Å². The lowest BCUT2D eigenvalue weighted by molar-refractivity contribution is -0.376. The number of carbonyl (C=O) groups is 2. The SMILES string of the molecule is C/C=C\c1cc(C(O)(C(F)(F)F)C(F)(F)F)c2c(c1OCCCCN1C(=O)C=CC(CC)(c3ccc4c(c3)OCCO4)C1=O)CCC2. The molecule has 1 unspecified atom stereocenters. The number of alkyl halides is 6. The molecule has 47 heavy (non-hydrogen) atoms. The van der Waals surface area contributed by atoms with Gasteiger partial charge in [0.1, 0.15) is 19.0 Å². The van der Waals surface area contributed by atoms with E-state index in [0.717, 1.165) is 0 Å². The zero-order chi connectivity index (χ0) is 34.2. The number of unbranched alkanes of at least 4 members (excludes halogenated alkanes) is 1. The fourth-order valence-corrected chi connectivity index (χ4v) is 6.52. The third kappa shape index (κ3) is 5.98. The molecular formula is C34H35F6NO6. The summed E-state index contributed by atoms with van der Waals surface area (Å²) in [6.07, 6.45) is -4.83. The van der Waals surface area contributed by atoms with Crippen molar-refractivity contribution in [2.24, 2.45) is 0 Å². The van der Waals surface area contributed by atoms with Gasteiger partial charge in [-0.2, -0.15) is 26.3 Å². The van der Waals surface area contributed by atoms with E-state index in [1.54, 1.807) is 31.2 Å². The average molecular weight is 668 g/mol. The lowest BCUT2D eigenvalue weighted by Gasteiger charge is -2.37. The molecule has 1 aliphatic carbocycles. The molecule has 254 valence electrons. The van der Waals surface area contributed by atoms with Gasteiger partial charge in [0.05, 0.1) is 12.0 Å². The largest absolute Gasteiger partial charge is 0.493 e. The Bertz CT molecular complexity index is 1580. The van der Waals surface area contributed by atoms with Crippen LogP contribution in [0.1, 0.15) is 67.3 Å². The van der Waals surface area contributed by atoms with Gasteiger partial charge in [-0.05, 0) is 80.3 Å². The summed E-state index contributed by atoms with van der Waals surface area (Å²) in [4.78, 5) is 27.8. The molecular weight excluding hydrogens is 632 g/mol. The molecule has 5 rings (SSSR count). The highest BCUT2D eigenvalue weighted by molar-refractivity contribution is 6.09. The van der Waals surface area contributed by atoms with Crippen LogP contribution < -0.4 is 14.2 Å². The minimum absolute atomic E-state index is 0.0197. The van der Waals surface area contributed by atoms with Crippen LogP contribution in [0, 0.1) is 0 Å². The summed E-state index contributed by atoms with van der Waals surface area (Å²) >= 11 is 0. The maximum absolute atomic E-state index is 13.8. The van der Waals surface area contributed by atoms with Crippen molar-refractivity contribution < 1.29 is 55.2 Å². The van der Waals surface area contributed by atoms with Crippen LogP contribution in [0.2, 0.25) is 0 Å². The second-order valence-corrected chi connectivity index (χ2v) is 11.7. The third-order valence-corrected chi connectivity index (χ3v) is 8.98. The van der Waals surface area contributed by atoms with Gasteiger partial charge >= 0.3 is 12.4 Å². The maximum Gasteiger partial charge on any atom is 0.430 e. The van der Waals surface area contributed by atoms with Crippen LogP contribution in [0.3, 0.4) is 0 Å². The van der Waals surface area contributed by atoms with Crippen LogP contribution in [-0.4, -0.2) is 60.5 Å². The Morgan fingerprint density at radius 2 is 1.66 bits per heavy atom. The van der Waals surface area contributed by atoms with E-state index >= 15 is 0 Å². The second kappa shape index (κ2) is 12.9. The Morgan fingerprint density at radius 3 is 2.32 bits per heavy atom. The van der Waals surface area contributed by atoms with Crippen molar-refractivity contribution in [2.45, 2.75) is 75.7 Å². The van der Waals surface area contributed by atoms with E-state index in [1.807, 2.05) is 6.92 Å². The number of allylic oxidation sites excluding steroid dienone is 1. The molecule has 2 aromatic carbocycles. The molecule has 0 saturated carbocycles. The summed E-state index contributed by atoms with van der Waals surface area (Å²) in [6, 6.07) is 5.97. The van der Waals surface area contributed by atoms with E-state index in [4.69, 9.17) is 14.2 Å². The monoisotopic (exact) mass is 667 g/mol. The first-order chi connectivity index (χ1) is 22.2. The Kier molecular flexibility index (Phi) is 9.42. The highest BCUT2D eigenvalue weighted by Crippen LogP contribution is 2.53. The van der Waals surface area contributed by atoms with Gasteiger partial charge in [0, 0.05) is 23.7 Å². The molecule has 2 heterocycles. The Balaban J connectivity index is 1.32. The number of benzene rings is 2. The van der Waals surface area contributed by atoms with Gasteiger partial charge in [-0.1, -0.05) is 31.2 Å². The highest BCUT2D eigenvalue weighted by Gasteiger charge is 2.72. The quantitative estimate of drug-likeness (QED) is 0.172. The Labute approximate surface area is 267 Å². The summed E-state index contributed by atoms with van der Waals surface area (Å²) in [5.41, 5.74) is -6.77. The number of fused-ring (bicyclic) bond motifs is 2. The van der Waals surface area contributed by atoms with Gasteiger partial charge in [0.2, 0.25) is 5.91 Å². The number of aliphatic hydroxyl groups is 1. The summed E-state index contributed by atoms with van der Waals surface area (Å²) in [5, 5.41) is 10.2. The number of imide groups is 1. The summed E-state index contributed by atoms with van der Waals surface area (Å²) in [7, 11) is 0. The fourth-order valence-electron chi connectivity index (χ4n) is 6.52. The zero-order valence-electron chi connectivity index (χ0n) is 25.9. The van der Waals surface area contributed by atoms with Crippen molar-refractivity contribution in [1.82, 2.24) is 4.90 Å². The molecule has 0 spiro atoms. The van der Waals surface area contributed by atoms with E-state index in [1.165, 1.54) is 23.1 Å². The van der Waals surface area contributed by atoms with Crippen LogP contribution in [-0.2, 0) is 33.4 Å². The number of ether oxygens (including phenoxy) is 3. The molecule has 13 heteroatoms. The molecule has 1 N–H and O–H groups in total. The van der Waals surface area contributed by atoms with Gasteiger partial charge in [-0.25, -0.2) is 0 Å². The van der Waals surface area contributed by atoms with Gasteiger partial charge in [-0.3, -0.25) is 14.5 Å². The standard InChI is InChI=1S/C34H35F6NO6/c1-3-8-21-19-25(32(44,33(35,36)37)34(38,39)40)23-9-7-10-24(23)29(21)47-16-6-5-15-41-28(42)13-14-31(4-2,30(41)43)22-11-12-26-27(20-22)46-18-17-45-26/h3,8,11-14,19-20,44H,4-7,9-10,15-18H2,1-2H3/b8-3-. The molecule has 7 nitrogen and oxygen atoms in total. The number of amides is 2. The molecule has 0 saturated heterocycles. The number of hydrogen-bond donors (Lipinski definition) is 1. The molecule has 0 fully saturated rings. The Morgan fingerprint density at radius 1 is 0.979 bits per heavy atom. The van der Waals surface area contributed by atoms with Crippen molar-refractivity contribution >= 4 is 17.9 Å². The molecule has 0 radical (unpaired) electrons. The van der Waals surface area contributed by atoms with Crippen LogP contribution in [0.4, 0.5) is 26.3 Å². The third-order valence-electron chi connectivity index (χ3n) is 8.98. The molecule has 0 aromatic heterocycles. The summed E-state index contributed by atoms with van der Waals surface area (Å²) in [6.45, 7) is 4.28. The fraction of sp³-hybridized carbons (Fsp3) is 0.471. The zero-order valence-corrected chi connectivity index (χ0v) is 25.9. The van der Waals surface area contributed by atoms with Gasteiger partial charge in [0.15, 0.2) is 11.5 Å². The predicted molar refractivity (Wildman–Crippen MR) is 159 cm³/mol. The topological polar surface area (TPSA) is 85.3 Å². The van der Waals surface area contributed by atoms with Crippen LogP contribution >= 0.6 is 0 Å². The van der Waals surface area contributed by atoms with Crippen molar-refractivity contribution in [3.8, 4) is 17.2 Å². The number of nitrogens with zero attached hydrogens (tertiary/aromatic N) is 1. The van der Waals surface area contributed by atoms with E-state index in [-0.39, 0.29) is 48.4 Å². The van der Waals surface area contributed by atoms with Crippen LogP contribution in [0.5, 0.6) is 17.2 Å². The lowest BCUT2D eigenvalue weighted by atomic mass is 9.74. The number of carbonyl (C=O) groups excluding carboxylic acids is 2. The molecule has 1 atom stereocenters. The summed E-state index contributed by atoms with van der Waals surface area (Å²) in [5.74, 6) is 0.379. The smallest absolute Gasteiger partial charge is 0.430 e. The second-order valence-electron chi connectivity index (χ2n) is 11.7. The van der Waals surface area contributed by atoms with Crippen LogP contribution in [0.25, 0.3) is 6.08 Å². The van der Waals surface area contributed by atoms with Crippen LogP contribution in [0.15, 0.2) is 42.5 Å². The van der Waals surface area contributed by atoms with Gasteiger partial charge in [-0.15, -0.1) is 0 Å². The highest BCUT2D eigenvalue weighted by atomic mass is 19.4. The number of hydrogen-bond acceptors (Lipinski definition) is 6. The van der Waals surface area contributed by atoms with E-state index in [2.05, 4.69) is 0 Å².